The molecular weight excluding hydrogens is 244 g/mol. The van der Waals surface area contributed by atoms with E-state index in [0.717, 1.165) is 22.4 Å². The maximum Gasteiger partial charge on any atom is 0.191 e. The van der Waals surface area contributed by atoms with Gasteiger partial charge in [0.2, 0.25) is 0 Å². The Labute approximate surface area is 103 Å². The first kappa shape index (κ1) is 11.4. The van der Waals surface area contributed by atoms with Crippen LogP contribution in [0.4, 0.5) is 0 Å². The maximum absolute atomic E-state index is 5.88. The number of nitrogens with zero attached hydrogens (tertiary/aromatic N) is 4. The van der Waals surface area contributed by atoms with Gasteiger partial charge in [0.05, 0.1) is 5.69 Å². The van der Waals surface area contributed by atoms with Crippen LogP contribution in [0.5, 0.6) is 0 Å². The number of aromatic nitrogens is 4. The van der Waals surface area contributed by atoms with E-state index in [1.165, 1.54) is 0 Å². The highest BCUT2D eigenvalue weighted by Crippen LogP contribution is 2.20. The van der Waals surface area contributed by atoms with E-state index < -0.39 is 0 Å². The third kappa shape index (κ3) is 2.54. The van der Waals surface area contributed by atoms with Crippen molar-refractivity contribution in [2.75, 3.05) is 0 Å². The zero-order valence-electron chi connectivity index (χ0n) is 9.01. The van der Waals surface area contributed by atoms with Gasteiger partial charge in [0.1, 0.15) is 5.82 Å². The topological polar surface area (TPSA) is 43.6 Å². The van der Waals surface area contributed by atoms with E-state index >= 15 is 0 Å². The van der Waals surface area contributed by atoms with Gasteiger partial charge in [-0.25, -0.2) is 0 Å². The molecule has 0 unspecified atom stereocenters. The van der Waals surface area contributed by atoms with Crippen LogP contribution >= 0.6 is 23.4 Å². The van der Waals surface area contributed by atoms with E-state index in [2.05, 4.69) is 15.2 Å². The second kappa shape index (κ2) is 4.84. The normalized spacial score (nSPS) is 10.7. The van der Waals surface area contributed by atoms with E-state index in [-0.39, 0.29) is 0 Å². The van der Waals surface area contributed by atoms with Gasteiger partial charge in [0.15, 0.2) is 5.16 Å². The van der Waals surface area contributed by atoms with Crippen molar-refractivity contribution in [1.82, 2.24) is 19.7 Å². The summed E-state index contributed by atoms with van der Waals surface area (Å²) in [5.41, 5.74) is 0.943. The number of pyridine rings is 1. The highest BCUT2D eigenvalue weighted by atomic mass is 35.5. The Balaban J connectivity index is 2.05. The maximum atomic E-state index is 5.88. The van der Waals surface area contributed by atoms with E-state index in [0.29, 0.717) is 5.02 Å². The Kier molecular flexibility index (Phi) is 3.46. The van der Waals surface area contributed by atoms with Crippen molar-refractivity contribution < 1.29 is 0 Å². The van der Waals surface area contributed by atoms with Gasteiger partial charge in [0.25, 0.3) is 0 Å². The predicted octanol–water partition coefficient (Wildman–Crippen LogP) is 2.46. The lowest BCUT2D eigenvalue weighted by Gasteiger charge is -2.01. The van der Waals surface area contributed by atoms with Crippen LogP contribution in [-0.2, 0) is 12.8 Å². The molecule has 2 aromatic heterocycles. The minimum atomic E-state index is 0.708. The zero-order valence-corrected chi connectivity index (χ0v) is 10.6. The minimum absolute atomic E-state index is 0.708. The van der Waals surface area contributed by atoms with E-state index in [4.69, 9.17) is 11.6 Å². The summed E-state index contributed by atoms with van der Waals surface area (Å²) in [5, 5.41) is 9.66. The predicted molar refractivity (Wildman–Crippen MR) is 64.5 cm³/mol. The van der Waals surface area contributed by atoms with Gasteiger partial charge in [0, 0.05) is 24.0 Å². The molecule has 0 radical (unpaired) electrons. The van der Waals surface area contributed by atoms with E-state index in [1.807, 2.05) is 24.6 Å². The number of halogens is 1. The first-order valence-electron chi connectivity index (χ1n) is 4.76. The highest BCUT2D eigenvalue weighted by Gasteiger charge is 2.06. The molecule has 2 aromatic rings. The van der Waals surface area contributed by atoms with E-state index in [9.17, 15) is 0 Å². The standard InChI is InChI=1S/C10H11ClN4S/c1-7-13-14-10(15(7)2)16-6-9-5-8(11)3-4-12-9/h3-5H,6H2,1-2H3. The van der Waals surface area contributed by atoms with Crippen molar-refractivity contribution in [3.05, 3.63) is 34.9 Å². The van der Waals surface area contributed by atoms with Gasteiger partial charge < -0.3 is 4.57 Å². The number of hydrogen-bond acceptors (Lipinski definition) is 4. The van der Waals surface area contributed by atoms with Gasteiger partial charge in [-0.3, -0.25) is 4.98 Å². The molecule has 0 aliphatic heterocycles. The molecule has 0 aromatic carbocycles. The molecule has 0 aliphatic rings. The van der Waals surface area contributed by atoms with Crippen LogP contribution in [0.15, 0.2) is 23.5 Å². The summed E-state index contributed by atoms with van der Waals surface area (Å²) >= 11 is 7.48. The fraction of sp³-hybridized carbons (Fsp3) is 0.300. The monoisotopic (exact) mass is 254 g/mol. The second-order valence-electron chi connectivity index (χ2n) is 3.34. The lowest BCUT2D eigenvalue weighted by atomic mass is 10.4. The Bertz CT molecular complexity index is 497. The van der Waals surface area contributed by atoms with Gasteiger partial charge in [-0.05, 0) is 19.1 Å². The number of rotatable bonds is 3. The molecule has 2 heterocycles. The molecule has 0 atom stereocenters. The van der Waals surface area contributed by atoms with Gasteiger partial charge in [-0.1, -0.05) is 23.4 Å². The Hall–Kier alpha value is -1.07. The van der Waals surface area contributed by atoms with E-state index in [1.54, 1.807) is 24.0 Å². The lowest BCUT2D eigenvalue weighted by molar-refractivity contribution is 0.765. The Morgan fingerprint density at radius 3 is 2.88 bits per heavy atom. The zero-order chi connectivity index (χ0) is 11.5. The van der Waals surface area contributed by atoms with Crippen molar-refractivity contribution in [2.24, 2.45) is 7.05 Å². The summed E-state index contributed by atoms with van der Waals surface area (Å²) in [4.78, 5) is 4.23. The average molecular weight is 255 g/mol. The van der Waals surface area contributed by atoms with Crippen LogP contribution in [0.25, 0.3) is 0 Å². The largest absolute Gasteiger partial charge is 0.309 e. The third-order valence-electron chi connectivity index (χ3n) is 2.18. The molecule has 2 rings (SSSR count). The van der Waals surface area contributed by atoms with Gasteiger partial charge >= 0.3 is 0 Å². The molecule has 84 valence electrons. The molecule has 0 amide bonds. The van der Waals surface area contributed by atoms with Crippen molar-refractivity contribution in [1.29, 1.82) is 0 Å². The summed E-state index contributed by atoms with van der Waals surface area (Å²) in [5.74, 6) is 1.65. The molecule has 0 spiro atoms. The highest BCUT2D eigenvalue weighted by molar-refractivity contribution is 7.98. The van der Waals surface area contributed by atoms with Crippen molar-refractivity contribution in [3.63, 3.8) is 0 Å². The quantitative estimate of drug-likeness (QED) is 0.790. The molecular formula is C10H11ClN4S. The second-order valence-corrected chi connectivity index (χ2v) is 4.72. The summed E-state index contributed by atoms with van der Waals surface area (Å²) in [6.07, 6.45) is 1.71. The van der Waals surface area contributed by atoms with Crippen molar-refractivity contribution >= 4 is 23.4 Å². The number of aryl methyl sites for hydroxylation is 1. The fourth-order valence-corrected chi connectivity index (χ4v) is 2.22. The first-order chi connectivity index (χ1) is 7.66. The molecule has 0 saturated carbocycles. The van der Waals surface area contributed by atoms with Crippen LogP contribution in [0, 0.1) is 6.92 Å². The molecule has 0 fully saturated rings. The molecule has 0 bridgehead atoms. The average Bonchev–Trinajstić information content (AvgIpc) is 2.57. The van der Waals surface area contributed by atoms with Crippen LogP contribution in [0.2, 0.25) is 5.02 Å². The van der Waals surface area contributed by atoms with Crippen LogP contribution in [0.1, 0.15) is 11.5 Å². The summed E-state index contributed by atoms with van der Waals surface area (Å²) < 4.78 is 1.95. The van der Waals surface area contributed by atoms with Crippen LogP contribution in [-0.4, -0.2) is 19.7 Å². The number of thioether (sulfide) groups is 1. The summed E-state index contributed by atoms with van der Waals surface area (Å²) in [6.45, 7) is 1.93. The van der Waals surface area contributed by atoms with Crippen LogP contribution < -0.4 is 0 Å². The third-order valence-corrected chi connectivity index (χ3v) is 3.47. The van der Waals surface area contributed by atoms with Gasteiger partial charge in [-0.15, -0.1) is 10.2 Å². The Morgan fingerprint density at radius 2 is 2.25 bits per heavy atom. The first-order valence-corrected chi connectivity index (χ1v) is 6.12. The molecule has 0 saturated heterocycles. The SMILES string of the molecule is Cc1nnc(SCc2cc(Cl)ccn2)n1C. The molecule has 6 heteroatoms. The number of hydrogen-bond donors (Lipinski definition) is 0. The smallest absolute Gasteiger partial charge is 0.191 e. The van der Waals surface area contributed by atoms with Crippen LogP contribution in [0.3, 0.4) is 0 Å². The van der Waals surface area contributed by atoms with Crippen molar-refractivity contribution in [2.45, 2.75) is 17.8 Å². The lowest BCUT2D eigenvalue weighted by Crippen LogP contribution is -1.94. The molecule has 4 nitrogen and oxygen atoms in total. The summed E-state index contributed by atoms with van der Waals surface area (Å²) in [7, 11) is 1.95. The molecule has 0 aliphatic carbocycles. The minimum Gasteiger partial charge on any atom is -0.309 e. The molecule has 0 N–H and O–H groups in total. The van der Waals surface area contributed by atoms with Gasteiger partial charge in [-0.2, -0.15) is 0 Å². The molecule has 16 heavy (non-hydrogen) atoms. The Morgan fingerprint density at radius 1 is 1.44 bits per heavy atom. The summed E-state index contributed by atoms with van der Waals surface area (Å²) in [6, 6.07) is 3.62. The van der Waals surface area contributed by atoms with Crippen molar-refractivity contribution in [3.8, 4) is 0 Å². The fourth-order valence-electron chi connectivity index (χ4n) is 1.18.